The van der Waals surface area contributed by atoms with E-state index in [-0.39, 0.29) is 5.78 Å². The monoisotopic (exact) mass is 280 g/mol. The maximum atomic E-state index is 11.7. The average molecular weight is 280 g/mol. The second-order valence-electron chi connectivity index (χ2n) is 6.63. The van der Waals surface area contributed by atoms with Gasteiger partial charge in [-0.2, -0.15) is 0 Å². The van der Waals surface area contributed by atoms with Crippen LogP contribution < -0.4 is 0 Å². The first-order valence-corrected chi connectivity index (χ1v) is 7.98. The van der Waals surface area contributed by atoms with E-state index in [0.29, 0.717) is 30.5 Å². The van der Waals surface area contributed by atoms with Crippen molar-refractivity contribution in [2.24, 2.45) is 11.8 Å². The van der Waals surface area contributed by atoms with Crippen LogP contribution in [0.3, 0.4) is 0 Å². The molecule has 0 bridgehead atoms. The molecule has 0 rings (SSSR count). The predicted molar refractivity (Wildman–Crippen MR) is 85.8 cm³/mol. The molecule has 2 heteroatoms. The minimum absolute atomic E-state index is 0.256. The van der Waals surface area contributed by atoms with Crippen molar-refractivity contribution in [2.75, 3.05) is 0 Å². The van der Waals surface area contributed by atoms with Gasteiger partial charge in [0.15, 0.2) is 0 Å². The Kier molecular flexibility index (Phi) is 10.3. The van der Waals surface area contributed by atoms with E-state index in [1.54, 1.807) is 6.92 Å². The van der Waals surface area contributed by atoms with Gasteiger partial charge in [0.1, 0.15) is 11.6 Å². The van der Waals surface area contributed by atoms with Crippen LogP contribution in [0.2, 0.25) is 0 Å². The number of allylic oxidation sites excluding steroid dienone is 2. The van der Waals surface area contributed by atoms with Gasteiger partial charge >= 0.3 is 0 Å². The van der Waals surface area contributed by atoms with E-state index in [9.17, 15) is 9.59 Å². The van der Waals surface area contributed by atoms with Crippen LogP contribution in [0.4, 0.5) is 0 Å². The highest BCUT2D eigenvalue weighted by Gasteiger charge is 2.10. The second kappa shape index (κ2) is 10.8. The number of ketones is 2. The quantitative estimate of drug-likeness (QED) is 0.493. The molecule has 1 unspecified atom stereocenters. The van der Waals surface area contributed by atoms with E-state index in [1.807, 2.05) is 0 Å². The van der Waals surface area contributed by atoms with Crippen molar-refractivity contribution in [2.45, 2.75) is 79.6 Å². The number of Topliss-reactive ketones (excluding diaryl/α,β-unsaturated/α-hetero) is 2. The third kappa shape index (κ3) is 12.1. The maximum absolute atomic E-state index is 11.7. The minimum Gasteiger partial charge on any atom is -0.300 e. The summed E-state index contributed by atoms with van der Waals surface area (Å²) in [6, 6.07) is 0. The second-order valence-corrected chi connectivity index (χ2v) is 6.63. The molecule has 0 aromatic carbocycles. The van der Waals surface area contributed by atoms with Crippen molar-refractivity contribution in [3.05, 3.63) is 11.6 Å². The molecule has 0 aliphatic carbocycles. The lowest BCUT2D eigenvalue weighted by Gasteiger charge is -2.11. The highest BCUT2D eigenvalue weighted by Crippen LogP contribution is 2.17. The molecular formula is C18H32O2. The lowest BCUT2D eigenvalue weighted by molar-refractivity contribution is -0.120. The van der Waals surface area contributed by atoms with E-state index >= 15 is 0 Å². The van der Waals surface area contributed by atoms with Crippen molar-refractivity contribution in [1.82, 2.24) is 0 Å². The van der Waals surface area contributed by atoms with Gasteiger partial charge in [0.05, 0.1) is 0 Å². The predicted octanol–water partition coefficient (Wildman–Crippen LogP) is 5.11. The summed E-state index contributed by atoms with van der Waals surface area (Å²) in [5.41, 5.74) is 1.37. The van der Waals surface area contributed by atoms with Crippen LogP contribution in [0.5, 0.6) is 0 Å². The van der Waals surface area contributed by atoms with Crippen LogP contribution in [0.15, 0.2) is 11.6 Å². The molecule has 0 aliphatic rings. The van der Waals surface area contributed by atoms with Crippen LogP contribution in [0.1, 0.15) is 79.6 Å². The summed E-state index contributed by atoms with van der Waals surface area (Å²) in [5, 5.41) is 0. The summed E-state index contributed by atoms with van der Waals surface area (Å²) in [7, 11) is 0. The number of rotatable bonds is 11. The van der Waals surface area contributed by atoms with Gasteiger partial charge in [-0.1, -0.05) is 32.4 Å². The summed E-state index contributed by atoms with van der Waals surface area (Å²) < 4.78 is 0. The van der Waals surface area contributed by atoms with E-state index in [2.05, 4.69) is 33.8 Å². The molecule has 0 heterocycles. The Balaban J connectivity index is 3.77. The largest absolute Gasteiger partial charge is 0.300 e. The highest BCUT2D eigenvalue weighted by atomic mass is 16.1. The molecule has 0 amide bonds. The van der Waals surface area contributed by atoms with Crippen LogP contribution in [-0.4, -0.2) is 11.6 Å². The molecule has 0 aromatic rings. The van der Waals surface area contributed by atoms with Gasteiger partial charge in [0, 0.05) is 19.3 Å². The lowest BCUT2D eigenvalue weighted by atomic mass is 9.93. The first-order valence-electron chi connectivity index (χ1n) is 7.98. The molecule has 0 saturated heterocycles. The molecule has 0 fully saturated rings. The Morgan fingerprint density at radius 3 is 2.20 bits per heavy atom. The molecule has 0 saturated carbocycles. The standard InChI is InChI=1S/C18H32O2/c1-14(2)12-18(20)13-16(4)10-6-8-15(3)9-7-11-17(5)19/h9,14,16H,6-8,10-13H2,1-5H3/b15-9+. The smallest absolute Gasteiger partial charge is 0.133 e. The molecule has 0 radical (unpaired) electrons. The average Bonchev–Trinajstić information content (AvgIpc) is 2.26. The Hall–Kier alpha value is -0.920. The van der Waals surface area contributed by atoms with Crippen molar-refractivity contribution < 1.29 is 9.59 Å². The molecule has 116 valence electrons. The third-order valence-corrected chi connectivity index (χ3v) is 3.47. The van der Waals surface area contributed by atoms with Gasteiger partial charge in [0.2, 0.25) is 0 Å². The molecule has 20 heavy (non-hydrogen) atoms. The van der Waals surface area contributed by atoms with Gasteiger partial charge in [-0.05, 0) is 51.4 Å². The first-order chi connectivity index (χ1) is 9.31. The summed E-state index contributed by atoms with van der Waals surface area (Å²) in [6.45, 7) is 10.1. The topological polar surface area (TPSA) is 34.1 Å². The van der Waals surface area contributed by atoms with Crippen LogP contribution >= 0.6 is 0 Å². The van der Waals surface area contributed by atoms with Crippen molar-refractivity contribution in [1.29, 1.82) is 0 Å². The molecule has 0 N–H and O–H groups in total. The van der Waals surface area contributed by atoms with Gasteiger partial charge in [-0.3, -0.25) is 4.79 Å². The molecule has 1 atom stereocenters. The van der Waals surface area contributed by atoms with E-state index in [0.717, 1.165) is 32.1 Å². The third-order valence-electron chi connectivity index (χ3n) is 3.47. The van der Waals surface area contributed by atoms with Crippen molar-refractivity contribution in [3.63, 3.8) is 0 Å². The lowest BCUT2D eigenvalue weighted by Crippen LogP contribution is -2.08. The summed E-state index contributed by atoms with van der Waals surface area (Å²) >= 11 is 0. The molecular weight excluding hydrogens is 248 g/mol. The number of hydrogen-bond donors (Lipinski definition) is 0. The molecule has 0 aromatic heterocycles. The summed E-state index contributed by atoms with van der Waals surface area (Å²) in [6.07, 6.45) is 8.47. The zero-order valence-corrected chi connectivity index (χ0v) is 14.0. The molecule has 0 aliphatic heterocycles. The highest BCUT2D eigenvalue weighted by molar-refractivity contribution is 5.78. The zero-order valence-electron chi connectivity index (χ0n) is 14.0. The van der Waals surface area contributed by atoms with Gasteiger partial charge < -0.3 is 4.79 Å². The maximum Gasteiger partial charge on any atom is 0.133 e. The van der Waals surface area contributed by atoms with Crippen LogP contribution in [-0.2, 0) is 9.59 Å². The fraction of sp³-hybridized carbons (Fsp3) is 0.778. The SMILES string of the molecule is CC(=O)CC/C=C(\C)CCCC(C)CC(=O)CC(C)C. The fourth-order valence-corrected chi connectivity index (χ4v) is 2.38. The van der Waals surface area contributed by atoms with E-state index in [1.165, 1.54) is 5.57 Å². The molecule has 2 nitrogen and oxygen atoms in total. The Morgan fingerprint density at radius 1 is 1.00 bits per heavy atom. The van der Waals surface area contributed by atoms with E-state index < -0.39 is 0 Å². The van der Waals surface area contributed by atoms with Crippen molar-refractivity contribution >= 4 is 11.6 Å². The Bertz CT molecular complexity index is 326. The first kappa shape index (κ1) is 19.1. The number of hydrogen-bond acceptors (Lipinski definition) is 2. The Morgan fingerprint density at radius 2 is 1.65 bits per heavy atom. The van der Waals surface area contributed by atoms with Gasteiger partial charge in [0.25, 0.3) is 0 Å². The Labute approximate surface area is 125 Å². The zero-order chi connectivity index (χ0) is 15.5. The minimum atomic E-state index is 0.256. The number of carbonyl (C=O) groups is 2. The number of carbonyl (C=O) groups excluding carboxylic acids is 2. The van der Waals surface area contributed by atoms with Gasteiger partial charge in [-0.15, -0.1) is 0 Å². The van der Waals surface area contributed by atoms with E-state index in [4.69, 9.17) is 0 Å². The fourth-order valence-electron chi connectivity index (χ4n) is 2.38. The van der Waals surface area contributed by atoms with Gasteiger partial charge in [-0.25, -0.2) is 0 Å². The van der Waals surface area contributed by atoms with Crippen molar-refractivity contribution in [3.8, 4) is 0 Å². The summed E-state index contributed by atoms with van der Waals surface area (Å²) in [4.78, 5) is 22.6. The normalized spacial score (nSPS) is 13.6. The van der Waals surface area contributed by atoms with Crippen LogP contribution in [0.25, 0.3) is 0 Å². The van der Waals surface area contributed by atoms with Crippen LogP contribution in [0, 0.1) is 11.8 Å². The summed E-state index contributed by atoms with van der Waals surface area (Å²) in [5.74, 6) is 1.62. The molecule has 0 spiro atoms.